The van der Waals surface area contributed by atoms with Gasteiger partial charge in [-0.15, -0.1) is 0 Å². The third kappa shape index (κ3) is 12.7. The highest BCUT2D eigenvalue weighted by Gasteiger charge is 2.13. The average molecular weight is 273 g/mol. The lowest BCUT2D eigenvalue weighted by Gasteiger charge is -2.19. The van der Waals surface area contributed by atoms with E-state index in [0.717, 1.165) is 6.04 Å². The maximum Gasteiger partial charge on any atom is 0.00385 e. The second-order valence-electron chi connectivity index (χ2n) is 5.76. The summed E-state index contributed by atoms with van der Waals surface area (Å²) in [6.07, 6.45) is 5.46. The molecule has 118 valence electrons. The molecule has 0 aromatic rings. The first-order valence-electron chi connectivity index (χ1n) is 8.43. The Balaban J connectivity index is 0. The second kappa shape index (κ2) is 14.3. The number of nitrogens with zero attached hydrogens (tertiary/aromatic N) is 2. The first-order chi connectivity index (χ1) is 8.99. The number of unbranched alkanes of at least 4 members (excludes halogenated alkanes) is 1. The molecule has 0 unspecified atom stereocenters. The van der Waals surface area contributed by atoms with E-state index < -0.39 is 0 Å². The van der Waals surface area contributed by atoms with Gasteiger partial charge in [0.25, 0.3) is 0 Å². The quantitative estimate of drug-likeness (QED) is 0.719. The van der Waals surface area contributed by atoms with E-state index in [9.17, 15) is 0 Å². The predicted octanol–water partition coefficient (Wildman–Crippen LogP) is 4.64. The van der Waals surface area contributed by atoms with Gasteiger partial charge in [0.15, 0.2) is 0 Å². The molecular formula is C17H40N2. The maximum absolute atomic E-state index is 2.53. The molecular weight excluding hydrogens is 232 g/mol. The molecule has 1 heterocycles. The van der Waals surface area contributed by atoms with Crippen LogP contribution in [0, 0.1) is 0 Å². The van der Waals surface area contributed by atoms with Crippen LogP contribution in [-0.4, -0.2) is 48.6 Å². The molecule has 0 amide bonds. The SMILES string of the molecule is CC.CC(C)N1CCCC1.CCCCN(C)C(C)C. The van der Waals surface area contributed by atoms with Gasteiger partial charge in [-0.1, -0.05) is 27.2 Å². The Labute approximate surface area is 123 Å². The van der Waals surface area contributed by atoms with Gasteiger partial charge in [0.2, 0.25) is 0 Å². The largest absolute Gasteiger partial charge is 0.304 e. The molecule has 0 aliphatic carbocycles. The molecule has 0 saturated carbocycles. The van der Waals surface area contributed by atoms with Gasteiger partial charge >= 0.3 is 0 Å². The monoisotopic (exact) mass is 272 g/mol. The molecule has 0 atom stereocenters. The summed E-state index contributed by atoms with van der Waals surface area (Å²) in [5, 5.41) is 0. The fourth-order valence-electron chi connectivity index (χ4n) is 1.92. The van der Waals surface area contributed by atoms with Gasteiger partial charge in [-0.05, 0) is 73.6 Å². The van der Waals surface area contributed by atoms with Crippen LogP contribution in [0.1, 0.15) is 74.1 Å². The summed E-state index contributed by atoms with van der Waals surface area (Å²) < 4.78 is 0. The van der Waals surface area contributed by atoms with Crippen LogP contribution in [-0.2, 0) is 0 Å². The van der Waals surface area contributed by atoms with Crippen molar-refractivity contribution in [2.24, 2.45) is 0 Å². The summed E-state index contributed by atoms with van der Waals surface area (Å²) >= 11 is 0. The zero-order chi connectivity index (χ0) is 15.3. The van der Waals surface area contributed by atoms with E-state index in [0.29, 0.717) is 6.04 Å². The molecule has 1 rings (SSSR count). The van der Waals surface area contributed by atoms with Gasteiger partial charge < -0.3 is 9.80 Å². The van der Waals surface area contributed by atoms with Crippen LogP contribution >= 0.6 is 0 Å². The molecule has 0 N–H and O–H groups in total. The third-order valence-electron chi connectivity index (χ3n) is 3.62. The Morgan fingerprint density at radius 1 is 1.00 bits per heavy atom. The first kappa shape index (κ1) is 21.2. The topological polar surface area (TPSA) is 6.48 Å². The van der Waals surface area contributed by atoms with Crippen LogP contribution in [0.25, 0.3) is 0 Å². The number of hydrogen-bond acceptors (Lipinski definition) is 2. The van der Waals surface area contributed by atoms with Crippen molar-refractivity contribution in [2.45, 2.75) is 86.2 Å². The Bertz CT molecular complexity index is 161. The van der Waals surface area contributed by atoms with E-state index in [1.54, 1.807) is 0 Å². The van der Waals surface area contributed by atoms with Gasteiger partial charge in [-0.3, -0.25) is 0 Å². The highest BCUT2D eigenvalue weighted by molar-refractivity contribution is 4.68. The zero-order valence-corrected chi connectivity index (χ0v) is 15.0. The fourth-order valence-corrected chi connectivity index (χ4v) is 1.92. The molecule has 19 heavy (non-hydrogen) atoms. The smallest absolute Gasteiger partial charge is 0.00385 e. The van der Waals surface area contributed by atoms with Crippen molar-refractivity contribution < 1.29 is 0 Å². The summed E-state index contributed by atoms with van der Waals surface area (Å²) in [7, 11) is 2.18. The van der Waals surface area contributed by atoms with Gasteiger partial charge in [0, 0.05) is 12.1 Å². The molecule has 0 bridgehead atoms. The van der Waals surface area contributed by atoms with Crippen molar-refractivity contribution >= 4 is 0 Å². The minimum atomic E-state index is 0.705. The minimum absolute atomic E-state index is 0.705. The van der Waals surface area contributed by atoms with E-state index in [4.69, 9.17) is 0 Å². The Hall–Kier alpha value is -0.0800. The fraction of sp³-hybridized carbons (Fsp3) is 1.00. The maximum atomic E-state index is 2.53. The van der Waals surface area contributed by atoms with Crippen molar-refractivity contribution in [1.82, 2.24) is 9.80 Å². The minimum Gasteiger partial charge on any atom is -0.304 e. The standard InChI is InChI=1S/C8H19N.C7H15N.C2H6/c1-5-6-7-9(4)8(2)3;1-7(2)8-5-3-4-6-8;1-2/h8H,5-7H2,1-4H3;7H,3-6H2,1-2H3;1-2H3. The summed E-state index contributed by atoms with van der Waals surface area (Å²) in [6.45, 7) is 19.1. The molecule has 0 aromatic carbocycles. The van der Waals surface area contributed by atoms with Crippen LogP contribution < -0.4 is 0 Å². The van der Waals surface area contributed by atoms with Gasteiger partial charge in [-0.2, -0.15) is 0 Å². The molecule has 0 aromatic heterocycles. The van der Waals surface area contributed by atoms with E-state index >= 15 is 0 Å². The Kier molecular flexibility index (Phi) is 16.0. The molecule has 0 spiro atoms. The predicted molar refractivity (Wildman–Crippen MR) is 90.0 cm³/mol. The molecule has 0 radical (unpaired) electrons. The van der Waals surface area contributed by atoms with E-state index in [1.807, 2.05) is 13.8 Å². The summed E-state index contributed by atoms with van der Waals surface area (Å²) in [4.78, 5) is 4.91. The van der Waals surface area contributed by atoms with Crippen LogP contribution in [0.4, 0.5) is 0 Å². The van der Waals surface area contributed by atoms with Crippen LogP contribution in [0.3, 0.4) is 0 Å². The molecule has 2 heteroatoms. The van der Waals surface area contributed by atoms with Gasteiger partial charge in [-0.25, -0.2) is 0 Å². The zero-order valence-electron chi connectivity index (χ0n) is 15.0. The number of likely N-dealkylation sites (tertiary alicyclic amines) is 1. The summed E-state index contributed by atoms with van der Waals surface area (Å²) in [5.74, 6) is 0. The first-order valence-corrected chi connectivity index (χ1v) is 8.43. The Morgan fingerprint density at radius 3 is 1.74 bits per heavy atom. The summed E-state index contributed by atoms with van der Waals surface area (Å²) in [5.41, 5.74) is 0. The highest BCUT2D eigenvalue weighted by atomic mass is 15.2. The lowest BCUT2D eigenvalue weighted by atomic mass is 10.3. The van der Waals surface area contributed by atoms with Crippen molar-refractivity contribution in [3.63, 3.8) is 0 Å². The van der Waals surface area contributed by atoms with Gasteiger partial charge in [0.05, 0.1) is 0 Å². The van der Waals surface area contributed by atoms with Crippen molar-refractivity contribution in [3.8, 4) is 0 Å². The van der Waals surface area contributed by atoms with Crippen LogP contribution in [0.15, 0.2) is 0 Å². The normalized spacial score (nSPS) is 15.3. The van der Waals surface area contributed by atoms with E-state index in [-0.39, 0.29) is 0 Å². The van der Waals surface area contributed by atoms with Gasteiger partial charge in [0.1, 0.15) is 0 Å². The second-order valence-corrected chi connectivity index (χ2v) is 5.76. The van der Waals surface area contributed by atoms with Crippen molar-refractivity contribution in [3.05, 3.63) is 0 Å². The van der Waals surface area contributed by atoms with Crippen molar-refractivity contribution in [1.29, 1.82) is 0 Å². The number of rotatable bonds is 5. The lowest BCUT2D eigenvalue weighted by molar-refractivity contribution is 0.270. The van der Waals surface area contributed by atoms with Crippen molar-refractivity contribution in [2.75, 3.05) is 26.7 Å². The third-order valence-corrected chi connectivity index (χ3v) is 3.62. The van der Waals surface area contributed by atoms with E-state index in [1.165, 1.54) is 45.3 Å². The summed E-state index contributed by atoms with van der Waals surface area (Å²) in [6, 6.07) is 1.48. The molecule has 1 aliphatic heterocycles. The lowest BCUT2D eigenvalue weighted by Crippen LogP contribution is -2.26. The Morgan fingerprint density at radius 2 is 1.47 bits per heavy atom. The van der Waals surface area contributed by atoms with E-state index in [2.05, 4.69) is 51.5 Å². The molecule has 2 nitrogen and oxygen atoms in total. The highest BCUT2D eigenvalue weighted by Crippen LogP contribution is 2.09. The number of hydrogen-bond donors (Lipinski definition) is 0. The average Bonchev–Trinajstić information content (AvgIpc) is 2.93. The van der Waals surface area contributed by atoms with Crippen LogP contribution in [0.5, 0.6) is 0 Å². The molecule has 1 fully saturated rings. The molecule has 1 saturated heterocycles. The molecule has 1 aliphatic rings. The van der Waals surface area contributed by atoms with Crippen LogP contribution in [0.2, 0.25) is 0 Å².